The summed E-state index contributed by atoms with van der Waals surface area (Å²) in [7, 11) is 0. The molecule has 24 heavy (non-hydrogen) atoms. The number of aromatic nitrogens is 6. The zero-order chi connectivity index (χ0) is 16.9. The van der Waals surface area contributed by atoms with E-state index in [9.17, 15) is 4.79 Å². The number of hydrogen-bond acceptors (Lipinski definition) is 6. The fraction of sp³-hybridized carbons (Fsp3) is 0.312. The van der Waals surface area contributed by atoms with Crippen molar-refractivity contribution in [3.63, 3.8) is 0 Å². The lowest BCUT2D eigenvalue weighted by Gasteiger charge is -2.08. The molecule has 0 fully saturated rings. The van der Waals surface area contributed by atoms with E-state index in [2.05, 4.69) is 20.5 Å². The maximum absolute atomic E-state index is 12.0. The summed E-state index contributed by atoms with van der Waals surface area (Å²) in [6.07, 6.45) is 3.44. The van der Waals surface area contributed by atoms with Gasteiger partial charge in [0, 0.05) is 18.0 Å². The van der Waals surface area contributed by atoms with Crippen LogP contribution >= 0.6 is 0 Å². The van der Waals surface area contributed by atoms with Crippen molar-refractivity contribution in [2.75, 3.05) is 0 Å². The number of aryl methyl sites for hydroxylation is 2. The summed E-state index contributed by atoms with van der Waals surface area (Å²) >= 11 is 0. The summed E-state index contributed by atoms with van der Waals surface area (Å²) in [5.74, 6) is 0.104. The van der Waals surface area contributed by atoms with Gasteiger partial charge in [0.15, 0.2) is 0 Å². The minimum Gasteiger partial charge on any atom is -0.459 e. The second-order valence-corrected chi connectivity index (χ2v) is 5.51. The summed E-state index contributed by atoms with van der Waals surface area (Å²) in [5.41, 5.74) is 1.19. The molecule has 0 bridgehead atoms. The highest BCUT2D eigenvalue weighted by Crippen LogP contribution is 2.16. The molecular weight excluding hydrogens is 308 g/mol. The molecule has 0 N–H and O–H groups in total. The van der Waals surface area contributed by atoms with Crippen LogP contribution in [0.3, 0.4) is 0 Å². The summed E-state index contributed by atoms with van der Waals surface area (Å²) in [5, 5.41) is 16.6. The van der Waals surface area contributed by atoms with Crippen LogP contribution in [-0.4, -0.2) is 42.1 Å². The second kappa shape index (κ2) is 7.03. The summed E-state index contributed by atoms with van der Waals surface area (Å²) < 4.78 is 7.00. The summed E-state index contributed by atoms with van der Waals surface area (Å²) in [4.78, 5) is 13.5. The number of ether oxygens (including phenoxy) is 1. The molecule has 0 saturated heterocycles. The number of tetrazole rings is 1. The van der Waals surface area contributed by atoms with E-state index in [1.807, 2.05) is 32.2 Å². The third kappa shape index (κ3) is 3.83. The van der Waals surface area contributed by atoms with E-state index in [1.165, 1.54) is 4.80 Å². The van der Waals surface area contributed by atoms with Crippen molar-refractivity contribution in [3.05, 3.63) is 48.3 Å². The van der Waals surface area contributed by atoms with E-state index in [0.29, 0.717) is 24.5 Å². The molecule has 0 aliphatic heterocycles. The van der Waals surface area contributed by atoms with Gasteiger partial charge in [-0.3, -0.25) is 4.68 Å². The number of esters is 1. The minimum atomic E-state index is -0.363. The van der Waals surface area contributed by atoms with E-state index in [4.69, 9.17) is 4.74 Å². The van der Waals surface area contributed by atoms with Crippen LogP contribution in [0.15, 0.2) is 42.7 Å². The van der Waals surface area contributed by atoms with Gasteiger partial charge in [-0.15, -0.1) is 10.2 Å². The Labute approximate surface area is 139 Å². The Morgan fingerprint density at radius 3 is 2.88 bits per heavy atom. The van der Waals surface area contributed by atoms with E-state index < -0.39 is 0 Å². The highest BCUT2D eigenvalue weighted by atomic mass is 16.5. The first-order valence-corrected chi connectivity index (χ1v) is 7.68. The van der Waals surface area contributed by atoms with Crippen LogP contribution in [-0.2, 0) is 17.8 Å². The van der Waals surface area contributed by atoms with Crippen molar-refractivity contribution in [1.82, 2.24) is 30.0 Å². The van der Waals surface area contributed by atoms with Crippen LogP contribution in [0.1, 0.15) is 24.2 Å². The molecule has 124 valence electrons. The van der Waals surface area contributed by atoms with Crippen LogP contribution in [0.4, 0.5) is 0 Å². The Bertz CT molecular complexity index is 810. The van der Waals surface area contributed by atoms with E-state index in [-0.39, 0.29) is 12.1 Å². The molecule has 8 heteroatoms. The van der Waals surface area contributed by atoms with Crippen molar-refractivity contribution in [2.45, 2.75) is 33.0 Å². The van der Waals surface area contributed by atoms with Gasteiger partial charge in [0.25, 0.3) is 0 Å². The number of carbonyl (C=O) groups is 1. The Kier molecular flexibility index (Phi) is 4.64. The highest BCUT2D eigenvalue weighted by Gasteiger charge is 2.12. The molecule has 0 aliphatic rings. The molecule has 3 aromatic rings. The lowest BCUT2D eigenvalue weighted by atomic mass is 10.1. The second-order valence-electron chi connectivity index (χ2n) is 5.51. The molecule has 0 amide bonds. The Balaban J connectivity index is 1.71. The molecule has 2 heterocycles. The lowest BCUT2D eigenvalue weighted by Crippen LogP contribution is -2.11. The van der Waals surface area contributed by atoms with Gasteiger partial charge < -0.3 is 4.74 Å². The van der Waals surface area contributed by atoms with Crippen LogP contribution in [0.25, 0.3) is 11.4 Å². The minimum absolute atomic E-state index is 0.164. The predicted molar refractivity (Wildman–Crippen MR) is 86.0 cm³/mol. The van der Waals surface area contributed by atoms with Crippen molar-refractivity contribution in [3.8, 4) is 11.4 Å². The number of carbonyl (C=O) groups excluding carboxylic acids is 1. The Morgan fingerprint density at radius 1 is 1.25 bits per heavy atom. The number of nitrogens with zero attached hydrogens (tertiary/aromatic N) is 6. The van der Waals surface area contributed by atoms with Gasteiger partial charge in [-0.05, 0) is 37.3 Å². The van der Waals surface area contributed by atoms with E-state index >= 15 is 0 Å². The standard InChI is InChI=1S/C16H18N6O2/c1-12(2)24-16(23)14-6-3-5-13(11-14)15-18-20-22(19-15)10-9-21-8-4-7-17-21/h3-8,11-12H,9-10H2,1-2H3. The molecule has 0 saturated carbocycles. The molecule has 3 rings (SSSR count). The Hall–Kier alpha value is -3.03. The summed E-state index contributed by atoms with van der Waals surface area (Å²) in [6.45, 7) is 4.84. The van der Waals surface area contributed by atoms with Gasteiger partial charge in [-0.1, -0.05) is 12.1 Å². The van der Waals surface area contributed by atoms with Crippen LogP contribution in [0, 0.1) is 0 Å². The van der Waals surface area contributed by atoms with Crippen LogP contribution < -0.4 is 0 Å². The quantitative estimate of drug-likeness (QED) is 0.642. The van der Waals surface area contributed by atoms with E-state index in [1.54, 1.807) is 29.1 Å². The molecule has 0 unspecified atom stereocenters. The molecule has 2 aromatic heterocycles. The van der Waals surface area contributed by atoms with Crippen molar-refractivity contribution in [1.29, 1.82) is 0 Å². The zero-order valence-electron chi connectivity index (χ0n) is 13.5. The summed E-state index contributed by atoms with van der Waals surface area (Å²) in [6, 6.07) is 8.88. The van der Waals surface area contributed by atoms with Gasteiger partial charge in [-0.25, -0.2) is 4.79 Å². The maximum atomic E-state index is 12.0. The monoisotopic (exact) mass is 326 g/mol. The number of benzene rings is 1. The molecule has 0 radical (unpaired) electrons. The van der Waals surface area contributed by atoms with Gasteiger partial charge in [-0.2, -0.15) is 9.90 Å². The van der Waals surface area contributed by atoms with Gasteiger partial charge in [0.2, 0.25) is 5.82 Å². The molecule has 0 atom stereocenters. The molecule has 0 spiro atoms. The maximum Gasteiger partial charge on any atom is 0.338 e. The predicted octanol–water partition coefficient (Wildman–Crippen LogP) is 1.80. The number of hydrogen-bond donors (Lipinski definition) is 0. The fourth-order valence-corrected chi connectivity index (χ4v) is 2.15. The smallest absolute Gasteiger partial charge is 0.338 e. The van der Waals surface area contributed by atoms with Crippen molar-refractivity contribution in [2.24, 2.45) is 0 Å². The normalized spacial score (nSPS) is 11.0. The zero-order valence-corrected chi connectivity index (χ0v) is 13.5. The van der Waals surface area contributed by atoms with Gasteiger partial charge >= 0.3 is 5.97 Å². The molecule has 0 aliphatic carbocycles. The first kappa shape index (κ1) is 15.9. The average molecular weight is 326 g/mol. The Morgan fingerprint density at radius 2 is 2.12 bits per heavy atom. The third-order valence-electron chi connectivity index (χ3n) is 3.24. The fourth-order valence-electron chi connectivity index (χ4n) is 2.15. The molecular formula is C16H18N6O2. The first-order valence-electron chi connectivity index (χ1n) is 7.68. The third-order valence-corrected chi connectivity index (χ3v) is 3.24. The highest BCUT2D eigenvalue weighted by molar-refractivity contribution is 5.90. The van der Waals surface area contributed by atoms with Crippen LogP contribution in [0.2, 0.25) is 0 Å². The van der Waals surface area contributed by atoms with Gasteiger partial charge in [0.1, 0.15) is 0 Å². The largest absolute Gasteiger partial charge is 0.459 e. The topological polar surface area (TPSA) is 87.7 Å². The van der Waals surface area contributed by atoms with Crippen molar-refractivity contribution < 1.29 is 9.53 Å². The lowest BCUT2D eigenvalue weighted by molar-refractivity contribution is 0.0378. The van der Waals surface area contributed by atoms with Crippen molar-refractivity contribution >= 4 is 5.97 Å². The van der Waals surface area contributed by atoms with E-state index in [0.717, 1.165) is 5.56 Å². The average Bonchev–Trinajstić information content (AvgIpc) is 3.24. The molecule has 8 nitrogen and oxygen atoms in total. The SMILES string of the molecule is CC(C)OC(=O)c1cccc(-c2nnn(CCn3cccn3)n2)c1. The van der Waals surface area contributed by atoms with Gasteiger partial charge in [0.05, 0.1) is 24.8 Å². The molecule has 1 aromatic carbocycles. The first-order chi connectivity index (χ1) is 11.6. The van der Waals surface area contributed by atoms with Crippen LogP contribution in [0.5, 0.6) is 0 Å². The number of rotatable bonds is 6.